The summed E-state index contributed by atoms with van der Waals surface area (Å²) in [5, 5.41) is 26.3. The summed E-state index contributed by atoms with van der Waals surface area (Å²) in [7, 11) is 5.39. The van der Waals surface area contributed by atoms with Gasteiger partial charge in [-0.2, -0.15) is 0 Å². The van der Waals surface area contributed by atoms with Crippen molar-refractivity contribution in [2.45, 2.75) is 154 Å². The number of carbonyl (C=O) groups excluding carboxylic acids is 3. The zero-order chi connectivity index (χ0) is 41.8. The molecule has 322 valence electrons. The van der Waals surface area contributed by atoms with Gasteiger partial charge >= 0.3 is 12.1 Å². The van der Waals surface area contributed by atoms with E-state index in [1.165, 1.54) is 18.3 Å². The molecule has 1 amide bonds. The minimum absolute atomic E-state index is 0. The van der Waals surface area contributed by atoms with E-state index in [4.69, 9.17) is 23.7 Å². The van der Waals surface area contributed by atoms with Crippen molar-refractivity contribution in [3.63, 3.8) is 0 Å². The summed E-state index contributed by atoms with van der Waals surface area (Å²) in [6.07, 6.45) is 1.99. The highest BCUT2D eigenvalue weighted by molar-refractivity contribution is 7.13. The van der Waals surface area contributed by atoms with Gasteiger partial charge in [-0.3, -0.25) is 19.2 Å². The Balaban J connectivity index is 0.00000744. The molecule has 3 aliphatic heterocycles. The van der Waals surface area contributed by atoms with E-state index < -0.39 is 71.5 Å². The average molecular weight is 822 g/mol. The predicted octanol–water partition coefficient (Wildman–Crippen LogP) is 4.40. The van der Waals surface area contributed by atoms with Gasteiger partial charge in [0.2, 0.25) is 0 Å². The number of carbonyl (C=O) groups is 3. The second-order valence-electron chi connectivity index (χ2n) is 17.0. The molecule has 0 saturated carbocycles. The quantitative estimate of drug-likeness (QED) is 0.185. The van der Waals surface area contributed by atoms with Crippen LogP contribution < -0.4 is 5.32 Å². The van der Waals surface area contributed by atoms with Crippen LogP contribution in [-0.4, -0.2) is 147 Å². The van der Waals surface area contributed by atoms with Gasteiger partial charge < -0.3 is 39.0 Å². The zero-order valence-corrected chi connectivity index (χ0v) is 36.4. The van der Waals surface area contributed by atoms with E-state index in [2.05, 4.69) is 27.5 Å². The molecule has 2 aromatic rings. The van der Waals surface area contributed by atoms with Gasteiger partial charge in [-0.25, -0.2) is 9.78 Å². The first kappa shape index (κ1) is 45.0. The van der Waals surface area contributed by atoms with Crippen molar-refractivity contribution in [3.05, 3.63) is 17.8 Å². The zero-order valence-electron chi connectivity index (χ0n) is 35.5. The number of ketones is 1. The molecule has 0 aromatic carbocycles. The molecule has 5 heterocycles. The highest BCUT2D eigenvalue weighted by atomic mass is 32.1. The number of Topliss-reactive ketones (excluding diaryl/α,β-unsaturated/α-hetero) is 1. The monoisotopic (exact) mass is 821 g/mol. The maximum Gasteiger partial charge on any atom is 0.410 e. The Bertz CT molecular complexity index is 1650. The number of cyclic esters (lactones) is 1. The minimum Gasteiger partial charge on any atom is -0.458 e. The first-order chi connectivity index (χ1) is 26.9. The summed E-state index contributed by atoms with van der Waals surface area (Å²) in [5.41, 5.74) is -1.54. The molecule has 0 bridgehead atoms. The number of hydrogen-bond acceptors (Lipinski definition) is 15. The molecule has 17 heteroatoms. The lowest BCUT2D eigenvalue weighted by molar-refractivity contribution is -0.295. The van der Waals surface area contributed by atoms with Gasteiger partial charge in [0.1, 0.15) is 28.8 Å². The first-order valence-electron chi connectivity index (χ1n) is 20.4. The molecule has 13 atom stereocenters. The van der Waals surface area contributed by atoms with Crippen LogP contribution in [0, 0.1) is 17.8 Å². The Labute approximate surface area is 342 Å². The average Bonchev–Trinajstić information content (AvgIpc) is 3.93. The normalized spacial score (nSPS) is 37.4. The van der Waals surface area contributed by atoms with Crippen LogP contribution in [-0.2, 0) is 39.8 Å². The number of ether oxygens (including phenoxy) is 5. The Kier molecular flexibility index (Phi) is 14.9. The van der Waals surface area contributed by atoms with Crippen LogP contribution in [0.2, 0.25) is 0 Å². The van der Waals surface area contributed by atoms with Crippen LogP contribution in [0.1, 0.15) is 88.9 Å². The molecular formula is C40H67N7O9S. The van der Waals surface area contributed by atoms with Crippen molar-refractivity contribution < 1.29 is 44.6 Å². The molecule has 16 nitrogen and oxygen atoms in total. The lowest BCUT2D eigenvalue weighted by Crippen LogP contribution is -2.61. The second-order valence-corrected chi connectivity index (χ2v) is 17.9. The van der Waals surface area contributed by atoms with Crippen LogP contribution in [0.3, 0.4) is 0 Å². The second kappa shape index (κ2) is 18.9. The van der Waals surface area contributed by atoms with Gasteiger partial charge in [-0.05, 0) is 93.3 Å². The summed E-state index contributed by atoms with van der Waals surface area (Å²) in [4.78, 5) is 50.1. The van der Waals surface area contributed by atoms with Crippen molar-refractivity contribution in [1.82, 2.24) is 35.1 Å². The van der Waals surface area contributed by atoms with E-state index in [1.807, 2.05) is 65.2 Å². The van der Waals surface area contributed by atoms with E-state index in [1.54, 1.807) is 29.8 Å². The number of unbranched alkanes of at least 4 members (excludes halogenated alkanes) is 1. The third-order valence-corrected chi connectivity index (χ3v) is 13.1. The lowest BCUT2D eigenvalue weighted by atomic mass is 9.78. The van der Waals surface area contributed by atoms with Gasteiger partial charge in [0.15, 0.2) is 17.7 Å². The molecule has 3 aliphatic rings. The summed E-state index contributed by atoms with van der Waals surface area (Å²) in [6, 6.07) is -1.02. The third kappa shape index (κ3) is 9.88. The van der Waals surface area contributed by atoms with Crippen LogP contribution >= 0.6 is 11.3 Å². The molecular weight excluding hydrogens is 755 g/mol. The number of hydrogen-bond donors (Lipinski definition) is 2. The van der Waals surface area contributed by atoms with E-state index in [0.29, 0.717) is 45.3 Å². The molecule has 3 saturated heterocycles. The van der Waals surface area contributed by atoms with Crippen LogP contribution in [0.15, 0.2) is 17.8 Å². The Morgan fingerprint density at radius 1 is 1.12 bits per heavy atom. The van der Waals surface area contributed by atoms with Crippen molar-refractivity contribution in [3.8, 4) is 10.7 Å². The minimum atomic E-state index is -1.22. The number of rotatable bonds is 11. The van der Waals surface area contributed by atoms with Crippen molar-refractivity contribution in [1.29, 1.82) is 0 Å². The fourth-order valence-corrected chi connectivity index (χ4v) is 9.66. The van der Waals surface area contributed by atoms with Gasteiger partial charge in [0, 0.05) is 51.2 Å². The molecule has 2 unspecified atom stereocenters. The molecule has 0 radical (unpaired) electrons. The summed E-state index contributed by atoms with van der Waals surface area (Å²) >= 11 is 1.50. The highest BCUT2D eigenvalue weighted by Crippen LogP contribution is 2.40. The van der Waals surface area contributed by atoms with E-state index in [9.17, 15) is 19.5 Å². The number of aryl methyl sites for hydroxylation is 1. The topological polar surface area (TPSA) is 180 Å². The summed E-state index contributed by atoms with van der Waals surface area (Å²) in [6.45, 7) is 16.5. The number of thiazole rings is 1. The van der Waals surface area contributed by atoms with Gasteiger partial charge in [0.25, 0.3) is 0 Å². The molecule has 2 aromatic heterocycles. The van der Waals surface area contributed by atoms with Gasteiger partial charge in [-0.1, -0.05) is 26.0 Å². The van der Waals surface area contributed by atoms with Gasteiger partial charge in [0.05, 0.1) is 30.0 Å². The van der Waals surface area contributed by atoms with Crippen LogP contribution in [0.25, 0.3) is 10.7 Å². The Morgan fingerprint density at radius 3 is 2.49 bits per heavy atom. The smallest absolute Gasteiger partial charge is 0.410 e. The summed E-state index contributed by atoms with van der Waals surface area (Å²) in [5.74, 6) is -3.14. The maximum absolute atomic E-state index is 14.4. The molecule has 5 rings (SSSR count). The van der Waals surface area contributed by atoms with Crippen LogP contribution in [0.5, 0.6) is 0 Å². The Hall–Kier alpha value is -3.06. The molecule has 3 fully saturated rings. The fraction of sp³-hybridized carbons (Fsp3) is 0.800. The fourth-order valence-electron chi connectivity index (χ4n) is 9.07. The molecule has 0 aliphatic carbocycles. The number of nitrogens with zero attached hydrogens (tertiary/aromatic N) is 6. The SMILES string of the molecule is CC[C@H]1OC(=O)[C@H](C)C(=O)[C@H](C)[C@@H](O[C@@H]2O[C@H](C)CC(N(C)C)C2O)[C@](C)(OC)C[C@@H](C)CN[C@H](C)[C@H]2N(CCCCn3cc(-c4nccs4)nn3)C(=O)O[C@]12C.[HH]. The summed E-state index contributed by atoms with van der Waals surface area (Å²) < 4.78 is 33.2. The van der Waals surface area contributed by atoms with Crippen molar-refractivity contribution in [2.75, 3.05) is 34.3 Å². The Morgan fingerprint density at radius 2 is 1.84 bits per heavy atom. The number of aliphatic hydroxyl groups excluding tert-OH is 1. The number of nitrogens with one attached hydrogen (secondary N) is 1. The largest absolute Gasteiger partial charge is 0.458 e. The highest BCUT2D eigenvalue weighted by Gasteiger charge is 2.58. The number of fused-ring (bicyclic) bond motifs is 1. The van der Waals surface area contributed by atoms with Crippen LogP contribution in [0.4, 0.5) is 4.79 Å². The lowest BCUT2D eigenvalue weighted by Gasteiger charge is -2.46. The number of amides is 1. The molecule has 2 N–H and O–H groups in total. The van der Waals surface area contributed by atoms with E-state index in [0.717, 1.165) is 17.1 Å². The third-order valence-electron chi connectivity index (χ3n) is 12.3. The number of likely N-dealkylation sites (N-methyl/N-ethyl adjacent to an activating group) is 1. The van der Waals surface area contributed by atoms with Crippen molar-refractivity contribution >= 4 is 29.2 Å². The number of methoxy groups -OCH3 is 1. The molecule has 0 spiro atoms. The number of aliphatic hydroxyl groups is 1. The standard InChI is InChI=1S/C40H65N7O9S.H2/c1-12-30-40(8)33(47(38(51)56-40)17-14-13-16-46-22-28(43-44-46)35-41-15-18-57-35)27(6)42-21-23(2)20-39(7,52-11)34(25(4)31(48)26(5)36(50)54-30)55-37-32(49)29(45(9)10)19-24(3)53-37;/h15,18,22-27,29-30,32-34,37,42,49H,12-14,16-17,19-21H2,1-11H3;1H/t23-,24-,25+,26-,27-,29?,30-,32?,33-,34-,37+,39-,40-;/m1./s1. The first-order valence-corrected chi connectivity index (χ1v) is 21.3. The maximum atomic E-state index is 14.4. The number of esters is 1. The molecule has 57 heavy (non-hydrogen) atoms. The predicted molar refractivity (Wildman–Crippen MR) is 215 cm³/mol. The number of aromatic nitrogens is 4. The van der Waals surface area contributed by atoms with Crippen molar-refractivity contribution in [2.24, 2.45) is 17.8 Å². The van der Waals surface area contributed by atoms with E-state index in [-0.39, 0.29) is 25.5 Å². The van der Waals surface area contributed by atoms with E-state index >= 15 is 0 Å². The van der Waals surface area contributed by atoms with Gasteiger partial charge in [-0.15, -0.1) is 16.4 Å².